The number of hydrogen-bond donors (Lipinski definition) is 0. The zero-order valence-electron chi connectivity index (χ0n) is 26.3. The van der Waals surface area contributed by atoms with Crippen LogP contribution >= 0.6 is 0 Å². The molecule has 0 saturated carbocycles. The Morgan fingerprint density at radius 2 is 0.898 bits per heavy atom. The van der Waals surface area contributed by atoms with Gasteiger partial charge in [0.15, 0.2) is 0 Å². The maximum Gasteiger partial charge on any atom is 0.221 e. The van der Waals surface area contributed by atoms with Gasteiger partial charge in [0, 0.05) is 32.6 Å². The topological polar surface area (TPSA) is 40.1 Å². The van der Waals surface area contributed by atoms with Gasteiger partial charge >= 0.3 is 0 Å². The molecular weight excluding hydrogens is 599 g/mol. The van der Waals surface area contributed by atoms with Crippen molar-refractivity contribution in [3.05, 3.63) is 164 Å². The van der Waals surface area contributed by atoms with Crippen molar-refractivity contribution in [3.8, 4) is 22.8 Å². The van der Waals surface area contributed by atoms with E-state index in [9.17, 15) is 0 Å². The van der Waals surface area contributed by atoms with Crippen LogP contribution in [0.4, 0.5) is 0 Å². The number of aromatic nitrogens is 5. The summed E-state index contributed by atoms with van der Waals surface area (Å²) in [6.45, 7) is 0. The summed E-state index contributed by atoms with van der Waals surface area (Å²) >= 11 is 0. The summed E-state index contributed by atoms with van der Waals surface area (Å²) in [7, 11) is 0. The Labute approximate surface area is 280 Å². The fourth-order valence-electron chi connectivity index (χ4n) is 7.87. The third-order valence-electron chi connectivity index (χ3n) is 10.0. The Balaban J connectivity index is 1.19. The van der Waals surface area contributed by atoms with Crippen LogP contribution in [0.2, 0.25) is 0 Å². The van der Waals surface area contributed by atoms with E-state index in [-0.39, 0.29) is 0 Å². The highest BCUT2D eigenvalue weighted by Gasteiger charge is 2.20. The van der Waals surface area contributed by atoms with Crippen LogP contribution in [-0.4, -0.2) is 23.5 Å². The minimum atomic E-state index is 0.824. The molecule has 0 radical (unpaired) electrons. The zero-order valence-corrected chi connectivity index (χ0v) is 26.3. The van der Waals surface area contributed by atoms with Gasteiger partial charge in [-0.2, -0.15) is 0 Å². The summed E-state index contributed by atoms with van der Waals surface area (Å²) in [6, 6.07) is 58.3. The molecule has 7 aromatic carbocycles. The summed E-state index contributed by atoms with van der Waals surface area (Å²) in [5, 5.41) is 5.93. The number of rotatable bonds is 3. The van der Waals surface area contributed by atoms with Gasteiger partial charge in [0.05, 0.1) is 38.6 Å². The molecule has 0 amide bonds. The van der Waals surface area contributed by atoms with Crippen molar-refractivity contribution in [1.29, 1.82) is 0 Å². The fraction of sp³-hybridized carbons (Fsp3) is 0. The summed E-state index contributed by atoms with van der Waals surface area (Å²) in [4.78, 5) is 10.5. The smallest absolute Gasteiger partial charge is 0.221 e. The molecule has 0 N–H and O–H groups in total. The summed E-state index contributed by atoms with van der Waals surface area (Å²) in [5.74, 6) is 0.824. The first-order chi connectivity index (χ1) is 24.3. The zero-order chi connectivity index (χ0) is 32.1. The van der Waals surface area contributed by atoms with Crippen molar-refractivity contribution in [1.82, 2.24) is 23.5 Å². The Hall–Kier alpha value is -6.72. The lowest BCUT2D eigenvalue weighted by atomic mass is 10.0. The Morgan fingerprint density at radius 1 is 0.347 bits per heavy atom. The Kier molecular flexibility index (Phi) is 5.32. The van der Waals surface area contributed by atoms with Gasteiger partial charge in [-0.1, -0.05) is 103 Å². The van der Waals surface area contributed by atoms with Gasteiger partial charge < -0.3 is 4.57 Å². The average molecular weight is 626 g/mol. The van der Waals surface area contributed by atoms with Gasteiger partial charge in [0.2, 0.25) is 5.95 Å². The molecule has 4 aromatic heterocycles. The van der Waals surface area contributed by atoms with E-state index in [1.165, 1.54) is 32.6 Å². The van der Waals surface area contributed by atoms with Crippen molar-refractivity contribution in [2.45, 2.75) is 0 Å². The molecule has 0 aliphatic rings. The minimum absolute atomic E-state index is 0.824. The van der Waals surface area contributed by atoms with Gasteiger partial charge in [-0.15, -0.1) is 0 Å². The molecule has 0 unspecified atom stereocenters. The van der Waals surface area contributed by atoms with E-state index < -0.39 is 0 Å². The first-order valence-electron chi connectivity index (χ1n) is 16.6. The first-order valence-corrected chi connectivity index (χ1v) is 16.6. The van der Waals surface area contributed by atoms with Crippen molar-refractivity contribution >= 4 is 71.2 Å². The highest BCUT2D eigenvalue weighted by molar-refractivity contribution is 6.11. The molecule has 0 spiro atoms. The number of nitrogens with zero attached hydrogens (tertiary/aromatic N) is 5. The van der Waals surface area contributed by atoms with Gasteiger partial charge in [0.1, 0.15) is 5.65 Å². The quantitative estimate of drug-likeness (QED) is 0.196. The second-order valence-electron chi connectivity index (χ2n) is 12.7. The van der Waals surface area contributed by atoms with Gasteiger partial charge in [-0.25, -0.2) is 9.97 Å². The lowest BCUT2D eigenvalue weighted by Gasteiger charge is -2.13. The molecule has 49 heavy (non-hydrogen) atoms. The van der Waals surface area contributed by atoms with Crippen LogP contribution in [0.1, 0.15) is 0 Å². The predicted octanol–water partition coefficient (Wildman–Crippen LogP) is 10.9. The Bertz CT molecular complexity index is 3070. The highest BCUT2D eigenvalue weighted by atomic mass is 15.2. The molecular formula is C44H27N5. The third-order valence-corrected chi connectivity index (χ3v) is 10.0. The summed E-state index contributed by atoms with van der Waals surface area (Å²) < 4.78 is 6.92. The number of imidazole rings is 1. The molecule has 0 bridgehead atoms. The van der Waals surface area contributed by atoms with Crippen molar-refractivity contribution < 1.29 is 0 Å². The predicted molar refractivity (Wildman–Crippen MR) is 202 cm³/mol. The lowest BCUT2D eigenvalue weighted by Crippen LogP contribution is -2.06. The maximum atomic E-state index is 5.36. The molecule has 0 saturated heterocycles. The van der Waals surface area contributed by atoms with Gasteiger partial charge in [0.25, 0.3) is 0 Å². The first kappa shape index (κ1) is 26.4. The average Bonchev–Trinajstić information content (AvgIpc) is 3.83. The van der Waals surface area contributed by atoms with Crippen molar-refractivity contribution in [3.63, 3.8) is 0 Å². The van der Waals surface area contributed by atoms with Crippen LogP contribution in [0.25, 0.3) is 94.0 Å². The normalized spacial score (nSPS) is 12.1. The van der Waals surface area contributed by atoms with Crippen LogP contribution in [0.15, 0.2) is 164 Å². The second-order valence-corrected chi connectivity index (χ2v) is 12.7. The number of fused-ring (bicyclic) bond motifs is 11. The largest absolute Gasteiger partial charge is 0.309 e. The molecule has 0 aliphatic heterocycles. The molecule has 228 valence electrons. The molecule has 4 heterocycles. The molecule has 0 fully saturated rings. The van der Waals surface area contributed by atoms with E-state index in [1.54, 1.807) is 0 Å². The Morgan fingerprint density at radius 3 is 1.61 bits per heavy atom. The molecule has 11 rings (SSSR count). The number of para-hydroxylation sites is 6. The molecule has 0 atom stereocenters. The standard InChI is InChI=1S/C44H27N5/c1-5-18-36-35(17-1)43-45-37-19-6-10-23-41(37)49(43)44(46-36)48-40-22-9-4-16-33(40)34-25-24-29(27-42(34)48)28-12-11-13-30(26-28)47-38-20-7-2-14-31(38)32-15-3-8-21-39(32)47/h1-27H. The molecule has 11 aromatic rings. The van der Waals surface area contributed by atoms with E-state index in [1.807, 2.05) is 12.1 Å². The van der Waals surface area contributed by atoms with Crippen LogP contribution in [0, 0.1) is 0 Å². The van der Waals surface area contributed by atoms with Crippen molar-refractivity contribution in [2.24, 2.45) is 0 Å². The summed E-state index contributed by atoms with van der Waals surface area (Å²) in [6.07, 6.45) is 0. The van der Waals surface area contributed by atoms with Crippen molar-refractivity contribution in [2.75, 3.05) is 0 Å². The van der Waals surface area contributed by atoms with E-state index in [0.29, 0.717) is 0 Å². The van der Waals surface area contributed by atoms with Crippen LogP contribution < -0.4 is 0 Å². The van der Waals surface area contributed by atoms with E-state index in [0.717, 1.165) is 61.4 Å². The molecule has 5 nitrogen and oxygen atoms in total. The SMILES string of the molecule is c1cc(-c2ccc3c4ccccc4n(-c4nc5ccccc5c5nc6ccccc6n45)c3c2)cc(-n2c3ccccc3c3ccccc32)c1. The monoisotopic (exact) mass is 625 g/mol. The van der Waals surface area contributed by atoms with Crippen LogP contribution in [-0.2, 0) is 0 Å². The van der Waals surface area contributed by atoms with Gasteiger partial charge in [-0.05, 0) is 71.8 Å². The second kappa shape index (κ2) is 9.89. The van der Waals surface area contributed by atoms with E-state index in [4.69, 9.17) is 9.97 Å². The minimum Gasteiger partial charge on any atom is -0.309 e. The van der Waals surface area contributed by atoms with E-state index in [2.05, 4.69) is 165 Å². The molecule has 5 heteroatoms. The fourth-order valence-corrected chi connectivity index (χ4v) is 7.87. The van der Waals surface area contributed by atoms with Gasteiger partial charge in [-0.3, -0.25) is 8.97 Å². The third kappa shape index (κ3) is 3.70. The molecule has 0 aliphatic carbocycles. The van der Waals surface area contributed by atoms with Crippen LogP contribution in [0.3, 0.4) is 0 Å². The highest BCUT2D eigenvalue weighted by Crippen LogP contribution is 2.38. The maximum absolute atomic E-state index is 5.36. The summed E-state index contributed by atoms with van der Waals surface area (Å²) in [5.41, 5.74) is 11.9. The lowest BCUT2D eigenvalue weighted by molar-refractivity contribution is 0.979. The van der Waals surface area contributed by atoms with E-state index >= 15 is 0 Å². The number of benzene rings is 7. The van der Waals surface area contributed by atoms with Crippen LogP contribution in [0.5, 0.6) is 0 Å². The number of hydrogen-bond acceptors (Lipinski definition) is 2.